The van der Waals surface area contributed by atoms with Crippen molar-refractivity contribution in [3.8, 4) is 0 Å². The van der Waals surface area contributed by atoms with Gasteiger partial charge in [0.1, 0.15) is 5.16 Å². The monoisotopic (exact) mass is 316 g/mol. The van der Waals surface area contributed by atoms with Gasteiger partial charge in [0, 0.05) is 24.7 Å². The Morgan fingerprint density at radius 1 is 1.41 bits per heavy atom. The molecule has 116 valence electrons. The van der Waals surface area contributed by atoms with Crippen molar-refractivity contribution in [3.63, 3.8) is 0 Å². The van der Waals surface area contributed by atoms with Crippen LogP contribution in [-0.2, 0) is 4.79 Å². The van der Waals surface area contributed by atoms with Gasteiger partial charge in [-0.15, -0.1) is 0 Å². The van der Waals surface area contributed by atoms with E-state index < -0.39 is 0 Å². The first-order chi connectivity index (χ1) is 10.6. The average Bonchev–Trinajstić information content (AvgIpc) is 2.69. The minimum Gasteiger partial charge on any atom is -0.306 e. The SMILES string of the molecule is CN(C)CC=CC(=O)N1C=C(C2C=CC=CC2)C=CC=C1Cl. The van der Waals surface area contributed by atoms with E-state index in [-0.39, 0.29) is 11.8 Å². The number of hydrogen-bond acceptors (Lipinski definition) is 2. The second-order valence-corrected chi connectivity index (χ2v) is 5.89. The molecule has 1 amide bonds. The minimum absolute atomic E-state index is 0.139. The Labute approximate surface area is 137 Å². The molecule has 3 nitrogen and oxygen atoms in total. The van der Waals surface area contributed by atoms with Crippen molar-refractivity contribution >= 4 is 17.5 Å². The lowest BCUT2D eigenvalue weighted by molar-refractivity contribution is -0.121. The normalized spacial score (nSPS) is 21.3. The second kappa shape index (κ2) is 7.97. The number of rotatable bonds is 4. The predicted octanol–water partition coefficient (Wildman–Crippen LogP) is 3.60. The third-order valence-electron chi connectivity index (χ3n) is 3.41. The van der Waals surface area contributed by atoms with Crippen LogP contribution in [0.2, 0.25) is 0 Å². The van der Waals surface area contributed by atoms with E-state index in [0.717, 1.165) is 12.0 Å². The van der Waals surface area contributed by atoms with Gasteiger partial charge in [0.25, 0.3) is 5.91 Å². The molecule has 1 unspecified atom stereocenters. The summed E-state index contributed by atoms with van der Waals surface area (Å²) < 4.78 is 0. The van der Waals surface area contributed by atoms with Gasteiger partial charge in [-0.25, -0.2) is 0 Å². The van der Waals surface area contributed by atoms with Crippen LogP contribution in [0.4, 0.5) is 0 Å². The molecule has 1 heterocycles. The van der Waals surface area contributed by atoms with Crippen LogP contribution in [0.1, 0.15) is 6.42 Å². The highest BCUT2D eigenvalue weighted by molar-refractivity contribution is 6.30. The first kappa shape index (κ1) is 16.5. The molecule has 0 spiro atoms. The quantitative estimate of drug-likeness (QED) is 0.584. The molecule has 0 saturated carbocycles. The highest BCUT2D eigenvalue weighted by atomic mass is 35.5. The van der Waals surface area contributed by atoms with Crippen LogP contribution in [0.15, 0.2) is 71.6 Å². The van der Waals surface area contributed by atoms with Gasteiger partial charge in [0.2, 0.25) is 0 Å². The van der Waals surface area contributed by atoms with Gasteiger partial charge in [-0.2, -0.15) is 0 Å². The molecule has 0 bridgehead atoms. The Bertz CT molecular complexity index is 594. The van der Waals surface area contributed by atoms with Gasteiger partial charge in [0.15, 0.2) is 0 Å². The van der Waals surface area contributed by atoms with Crippen LogP contribution in [-0.4, -0.2) is 36.3 Å². The summed E-state index contributed by atoms with van der Waals surface area (Å²) in [5.41, 5.74) is 1.07. The van der Waals surface area contributed by atoms with Crippen molar-refractivity contribution in [1.29, 1.82) is 0 Å². The lowest BCUT2D eigenvalue weighted by Gasteiger charge is -2.19. The number of halogens is 1. The molecule has 0 N–H and O–H groups in total. The number of likely N-dealkylation sites (N-methyl/N-ethyl adjacent to an activating group) is 1. The Balaban J connectivity index is 2.16. The van der Waals surface area contributed by atoms with Gasteiger partial charge in [-0.3, -0.25) is 9.69 Å². The van der Waals surface area contributed by atoms with Crippen LogP contribution >= 0.6 is 11.6 Å². The molecule has 0 aromatic carbocycles. The Morgan fingerprint density at radius 2 is 2.23 bits per heavy atom. The van der Waals surface area contributed by atoms with E-state index in [4.69, 9.17) is 11.6 Å². The van der Waals surface area contributed by atoms with E-state index in [9.17, 15) is 4.79 Å². The summed E-state index contributed by atoms with van der Waals surface area (Å²) in [6.07, 6.45) is 20.1. The fraction of sp³-hybridized carbons (Fsp3) is 0.278. The number of allylic oxidation sites excluding steroid dienone is 8. The molecule has 2 rings (SSSR count). The highest BCUT2D eigenvalue weighted by Gasteiger charge is 2.17. The van der Waals surface area contributed by atoms with E-state index in [1.165, 1.54) is 4.90 Å². The van der Waals surface area contributed by atoms with Crippen molar-refractivity contribution in [2.45, 2.75) is 6.42 Å². The maximum absolute atomic E-state index is 12.4. The molecule has 0 fully saturated rings. The molecule has 0 aromatic rings. The second-order valence-electron chi connectivity index (χ2n) is 5.51. The summed E-state index contributed by atoms with van der Waals surface area (Å²) in [6.45, 7) is 0.714. The van der Waals surface area contributed by atoms with Crippen molar-refractivity contribution in [2.75, 3.05) is 20.6 Å². The molecular formula is C18H21ClN2O. The summed E-state index contributed by atoms with van der Waals surface area (Å²) in [5.74, 6) is 0.137. The van der Waals surface area contributed by atoms with Crippen molar-refractivity contribution in [3.05, 3.63) is 71.6 Å². The zero-order chi connectivity index (χ0) is 15.9. The number of hydrogen-bond donors (Lipinski definition) is 0. The molecule has 1 aliphatic carbocycles. The maximum atomic E-state index is 12.4. The van der Waals surface area contributed by atoms with Crippen molar-refractivity contribution in [2.24, 2.45) is 5.92 Å². The van der Waals surface area contributed by atoms with Crippen LogP contribution in [0.3, 0.4) is 0 Å². The van der Waals surface area contributed by atoms with Crippen LogP contribution < -0.4 is 0 Å². The zero-order valence-electron chi connectivity index (χ0n) is 12.9. The third kappa shape index (κ3) is 4.58. The van der Waals surface area contributed by atoms with E-state index in [2.05, 4.69) is 12.2 Å². The van der Waals surface area contributed by atoms with Gasteiger partial charge in [-0.1, -0.05) is 54.1 Å². The van der Waals surface area contributed by atoms with E-state index >= 15 is 0 Å². The Kier molecular flexibility index (Phi) is 5.99. The minimum atomic E-state index is -0.139. The van der Waals surface area contributed by atoms with Gasteiger partial charge >= 0.3 is 0 Å². The standard InChI is InChI=1S/C18H21ClN2O/c1-20(2)13-7-12-18(22)21-14-16(10-6-11-17(21)19)15-8-4-3-5-9-15/h3-8,10-12,14-15H,9,13H2,1-2H3. The van der Waals surface area contributed by atoms with Gasteiger partial charge in [0.05, 0.1) is 0 Å². The molecule has 2 aliphatic rings. The highest BCUT2D eigenvalue weighted by Crippen LogP contribution is 2.26. The molecule has 0 saturated heterocycles. The fourth-order valence-corrected chi connectivity index (χ4v) is 2.44. The molecule has 0 aromatic heterocycles. The number of carbonyl (C=O) groups is 1. The zero-order valence-corrected chi connectivity index (χ0v) is 13.7. The van der Waals surface area contributed by atoms with Crippen LogP contribution in [0.5, 0.6) is 0 Å². The largest absolute Gasteiger partial charge is 0.306 e. The Morgan fingerprint density at radius 3 is 2.91 bits per heavy atom. The topological polar surface area (TPSA) is 23.6 Å². The number of carbonyl (C=O) groups excluding carboxylic acids is 1. The number of amides is 1. The summed E-state index contributed by atoms with van der Waals surface area (Å²) >= 11 is 6.22. The molecule has 1 aliphatic heterocycles. The molecule has 4 heteroatoms. The molecular weight excluding hydrogens is 296 g/mol. The van der Waals surface area contributed by atoms with Gasteiger partial charge < -0.3 is 4.90 Å². The Hall–Kier alpha value is -1.84. The summed E-state index contributed by atoms with van der Waals surface area (Å²) in [4.78, 5) is 15.8. The molecule has 22 heavy (non-hydrogen) atoms. The summed E-state index contributed by atoms with van der Waals surface area (Å²) in [5, 5.41) is 0.404. The molecule has 0 radical (unpaired) electrons. The van der Waals surface area contributed by atoms with Crippen molar-refractivity contribution in [1.82, 2.24) is 9.80 Å². The predicted molar refractivity (Wildman–Crippen MR) is 92.1 cm³/mol. The third-order valence-corrected chi connectivity index (χ3v) is 3.72. The van der Waals surface area contributed by atoms with E-state index in [1.807, 2.05) is 55.6 Å². The number of nitrogens with zero attached hydrogens (tertiary/aromatic N) is 2. The first-order valence-corrected chi connectivity index (χ1v) is 7.69. The lowest BCUT2D eigenvalue weighted by atomic mass is 9.92. The summed E-state index contributed by atoms with van der Waals surface area (Å²) in [6, 6.07) is 0. The summed E-state index contributed by atoms with van der Waals surface area (Å²) in [7, 11) is 3.91. The fourth-order valence-electron chi connectivity index (χ4n) is 2.23. The van der Waals surface area contributed by atoms with Crippen LogP contribution in [0, 0.1) is 5.92 Å². The van der Waals surface area contributed by atoms with E-state index in [0.29, 0.717) is 11.7 Å². The lowest BCUT2D eigenvalue weighted by Crippen LogP contribution is -2.22. The average molecular weight is 317 g/mol. The van der Waals surface area contributed by atoms with Crippen molar-refractivity contribution < 1.29 is 4.79 Å². The first-order valence-electron chi connectivity index (χ1n) is 7.31. The molecule has 1 atom stereocenters. The van der Waals surface area contributed by atoms with Gasteiger partial charge in [-0.05, 0) is 32.2 Å². The smallest absolute Gasteiger partial charge is 0.255 e. The van der Waals surface area contributed by atoms with E-state index in [1.54, 1.807) is 12.2 Å². The maximum Gasteiger partial charge on any atom is 0.255 e. The van der Waals surface area contributed by atoms with Crippen LogP contribution in [0.25, 0.3) is 0 Å².